The van der Waals surface area contributed by atoms with E-state index in [0.29, 0.717) is 17.2 Å². The van der Waals surface area contributed by atoms with Gasteiger partial charge in [0.2, 0.25) is 0 Å². The van der Waals surface area contributed by atoms with Crippen molar-refractivity contribution in [3.8, 4) is 0 Å². The van der Waals surface area contributed by atoms with Crippen LogP contribution in [0.3, 0.4) is 0 Å². The molecule has 0 bridgehead atoms. The molecule has 0 aliphatic heterocycles. The quantitative estimate of drug-likeness (QED) is 0.576. The molecule has 2 rings (SSSR count). The van der Waals surface area contributed by atoms with Crippen molar-refractivity contribution in [3.63, 3.8) is 0 Å². The van der Waals surface area contributed by atoms with Crippen LogP contribution in [0.15, 0.2) is 18.2 Å². The molecule has 4 N–H and O–H groups in total. The van der Waals surface area contributed by atoms with E-state index >= 15 is 0 Å². The summed E-state index contributed by atoms with van der Waals surface area (Å²) in [6.45, 7) is 2.75. The molecule has 1 fully saturated rings. The second-order valence-corrected chi connectivity index (χ2v) is 5.41. The molecule has 1 amide bonds. The van der Waals surface area contributed by atoms with E-state index in [-0.39, 0.29) is 5.91 Å². The van der Waals surface area contributed by atoms with Crippen LogP contribution >= 0.6 is 0 Å². The van der Waals surface area contributed by atoms with Crippen LogP contribution in [0.25, 0.3) is 0 Å². The number of nitrogens with two attached hydrogens (primary N) is 1. The molecule has 0 atom stereocenters. The first-order chi connectivity index (χ1) is 9.20. The summed E-state index contributed by atoms with van der Waals surface area (Å²) >= 11 is 0. The van der Waals surface area contributed by atoms with Gasteiger partial charge in [0.1, 0.15) is 0 Å². The standard InChI is InChI=1S/C15H23N3O/c1-11-7-8-13(14(9-11)18-16)15(19)17-10-12-5-3-2-4-6-12/h7-9,12,18H,2-6,10,16H2,1H3,(H,17,19). The van der Waals surface area contributed by atoms with Gasteiger partial charge in [-0.3, -0.25) is 10.6 Å². The number of aryl methyl sites for hydroxylation is 1. The fourth-order valence-electron chi connectivity index (χ4n) is 2.70. The first-order valence-electron chi connectivity index (χ1n) is 7.06. The van der Waals surface area contributed by atoms with Crippen LogP contribution in [0.1, 0.15) is 48.0 Å². The van der Waals surface area contributed by atoms with E-state index < -0.39 is 0 Å². The molecule has 0 aromatic heterocycles. The van der Waals surface area contributed by atoms with E-state index in [4.69, 9.17) is 5.84 Å². The zero-order valence-electron chi connectivity index (χ0n) is 11.5. The second kappa shape index (κ2) is 6.57. The summed E-state index contributed by atoms with van der Waals surface area (Å²) in [7, 11) is 0. The molecule has 0 saturated heterocycles. The minimum atomic E-state index is -0.0430. The number of amides is 1. The molecule has 1 aromatic carbocycles. The highest BCUT2D eigenvalue weighted by Crippen LogP contribution is 2.23. The molecule has 19 heavy (non-hydrogen) atoms. The average Bonchev–Trinajstić information content (AvgIpc) is 2.45. The molecule has 0 heterocycles. The molecule has 0 spiro atoms. The van der Waals surface area contributed by atoms with Gasteiger partial charge in [0, 0.05) is 6.54 Å². The molecule has 1 saturated carbocycles. The Bertz CT molecular complexity index is 439. The molecule has 1 aromatic rings. The van der Waals surface area contributed by atoms with Gasteiger partial charge in [0.25, 0.3) is 5.91 Å². The molecular formula is C15H23N3O. The smallest absolute Gasteiger partial charge is 0.253 e. The van der Waals surface area contributed by atoms with E-state index in [1.165, 1.54) is 32.1 Å². The summed E-state index contributed by atoms with van der Waals surface area (Å²) in [6, 6.07) is 5.63. The summed E-state index contributed by atoms with van der Waals surface area (Å²) in [5, 5.41) is 3.03. The SMILES string of the molecule is Cc1ccc(C(=O)NCC2CCCCC2)c(NN)c1. The maximum Gasteiger partial charge on any atom is 0.253 e. The maximum absolute atomic E-state index is 12.2. The number of hydrogen-bond acceptors (Lipinski definition) is 3. The van der Waals surface area contributed by atoms with E-state index in [0.717, 1.165) is 12.1 Å². The van der Waals surface area contributed by atoms with Gasteiger partial charge < -0.3 is 10.7 Å². The Kier molecular flexibility index (Phi) is 4.80. The summed E-state index contributed by atoms with van der Waals surface area (Å²) in [5.41, 5.74) is 4.97. The van der Waals surface area contributed by atoms with Crippen LogP contribution in [0.4, 0.5) is 5.69 Å². The van der Waals surface area contributed by atoms with Crippen LogP contribution < -0.4 is 16.6 Å². The fourth-order valence-corrected chi connectivity index (χ4v) is 2.70. The summed E-state index contributed by atoms with van der Waals surface area (Å²) in [4.78, 5) is 12.2. The monoisotopic (exact) mass is 261 g/mol. The first-order valence-corrected chi connectivity index (χ1v) is 7.06. The van der Waals surface area contributed by atoms with Crippen molar-refractivity contribution in [3.05, 3.63) is 29.3 Å². The highest BCUT2D eigenvalue weighted by atomic mass is 16.1. The zero-order chi connectivity index (χ0) is 13.7. The molecule has 1 aliphatic rings. The van der Waals surface area contributed by atoms with Crippen LogP contribution in [0.2, 0.25) is 0 Å². The van der Waals surface area contributed by atoms with E-state index in [1.54, 1.807) is 0 Å². The summed E-state index contributed by atoms with van der Waals surface area (Å²) in [5.74, 6) is 6.06. The lowest BCUT2D eigenvalue weighted by Gasteiger charge is -2.22. The lowest BCUT2D eigenvalue weighted by Crippen LogP contribution is -2.31. The van der Waals surface area contributed by atoms with Gasteiger partial charge in [-0.15, -0.1) is 0 Å². The van der Waals surface area contributed by atoms with Crippen molar-refractivity contribution in [2.45, 2.75) is 39.0 Å². The highest BCUT2D eigenvalue weighted by molar-refractivity contribution is 5.99. The van der Waals surface area contributed by atoms with E-state index in [1.807, 2.05) is 25.1 Å². The number of nitrogens with one attached hydrogen (secondary N) is 2. The molecule has 0 radical (unpaired) electrons. The van der Waals surface area contributed by atoms with Gasteiger partial charge in [-0.25, -0.2) is 0 Å². The minimum Gasteiger partial charge on any atom is -0.352 e. The number of rotatable bonds is 4. The molecule has 104 valence electrons. The van der Waals surface area contributed by atoms with Crippen LogP contribution in [0.5, 0.6) is 0 Å². The number of nitrogen functional groups attached to an aromatic ring is 1. The number of hydrogen-bond donors (Lipinski definition) is 3. The van der Waals surface area contributed by atoms with Gasteiger partial charge in [-0.05, 0) is 43.4 Å². The van der Waals surface area contributed by atoms with Crippen molar-refractivity contribution < 1.29 is 4.79 Å². The third kappa shape index (κ3) is 3.70. The molecule has 4 nitrogen and oxygen atoms in total. The van der Waals surface area contributed by atoms with Crippen LogP contribution in [0, 0.1) is 12.8 Å². The Labute approximate surface area is 114 Å². The molecular weight excluding hydrogens is 238 g/mol. The average molecular weight is 261 g/mol. The Balaban J connectivity index is 1.95. The Morgan fingerprint density at radius 2 is 2.05 bits per heavy atom. The third-order valence-corrected chi connectivity index (χ3v) is 3.85. The van der Waals surface area contributed by atoms with E-state index in [2.05, 4.69) is 10.7 Å². The number of benzene rings is 1. The largest absolute Gasteiger partial charge is 0.352 e. The lowest BCUT2D eigenvalue weighted by molar-refractivity contribution is 0.0944. The first kappa shape index (κ1) is 13.9. The van der Waals surface area contributed by atoms with Gasteiger partial charge in [0.05, 0.1) is 11.3 Å². The third-order valence-electron chi connectivity index (χ3n) is 3.85. The maximum atomic E-state index is 12.2. The van der Waals surface area contributed by atoms with Crippen LogP contribution in [-0.2, 0) is 0 Å². The Hall–Kier alpha value is -1.55. The van der Waals surface area contributed by atoms with Gasteiger partial charge in [-0.1, -0.05) is 25.3 Å². The minimum absolute atomic E-state index is 0.0430. The zero-order valence-corrected chi connectivity index (χ0v) is 11.5. The number of anilines is 1. The predicted octanol–water partition coefficient (Wildman–Crippen LogP) is 2.59. The van der Waals surface area contributed by atoms with Crippen LogP contribution in [-0.4, -0.2) is 12.5 Å². The number of carbonyl (C=O) groups excluding carboxylic acids is 1. The fraction of sp³-hybridized carbons (Fsp3) is 0.533. The Morgan fingerprint density at radius 3 is 2.74 bits per heavy atom. The molecule has 1 aliphatic carbocycles. The molecule has 4 heteroatoms. The molecule has 0 unspecified atom stereocenters. The lowest BCUT2D eigenvalue weighted by atomic mass is 9.89. The summed E-state index contributed by atoms with van der Waals surface area (Å²) in [6.07, 6.45) is 6.39. The Morgan fingerprint density at radius 1 is 1.32 bits per heavy atom. The van der Waals surface area contributed by atoms with E-state index in [9.17, 15) is 4.79 Å². The normalized spacial score (nSPS) is 16.1. The van der Waals surface area contributed by atoms with Gasteiger partial charge >= 0.3 is 0 Å². The summed E-state index contributed by atoms with van der Waals surface area (Å²) < 4.78 is 0. The van der Waals surface area contributed by atoms with Crippen molar-refractivity contribution in [2.24, 2.45) is 11.8 Å². The van der Waals surface area contributed by atoms with Crippen molar-refractivity contribution in [2.75, 3.05) is 12.0 Å². The highest BCUT2D eigenvalue weighted by Gasteiger charge is 2.16. The number of hydrazine groups is 1. The van der Waals surface area contributed by atoms with Gasteiger partial charge in [0.15, 0.2) is 0 Å². The van der Waals surface area contributed by atoms with Crippen molar-refractivity contribution >= 4 is 11.6 Å². The predicted molar refractivity (Wildman–Crippen MR) is 77.9 cm³/mol. The second-order valence-electron chi connectivity index (χ2n) is 5.41. The van der Waals surface area contributed by atoms with Crippen molar-refractivity contribution in [1.82, 2.24) is 5.32 Å². The number of carbonyl (C=O) groups is 1. The topological polar surface area (TPSA) is 67.2 Å². The van der Waals surface area contributed by atoms with Gasteiger partial charge in [-0.2, -0.15) is 0 Å². The van der Waals surface area contributed by atoms with Crippen molar-refractivity contribution in [1.29, 1.82) is 0 Å².